The van der Waals surface area contributed by atoms with Crippen molar-refractivity contribution in [3.8, 4) is 0 Å². The minimum absolute atomic E-state index is 0.109. The zero-order valence-electron chi connectivity index (χ0n) is 17.7. The number of nitrogens with one attached hydrogen (secondary N) is 1. The van der Waals surface area contributed by atoms with E-state index in [-0.39, 0.29) is 24.3 Å². The molecule has 33 heavy (non-hydrogen) atoms. The van der Waals surface area contributed by atoms with Gasteiger partial charge in [-0.25, -0.2) is 8.78 Å². The Morgan fingerprint density at radius 1 is 0.939 bits per heavy atom. The molecule has 0 radical (unpaired) electrons. The summed E-state index contributed by atoms with van der Waals surface area (Å²) >= 11 is 0. The van der Waals surface area contributed by atoms with Crippen LogP contribution in [0.3, 0.4) is 0 Å². The number of ketones is 1. The third-order valence-corrected chi connectivity index (χ3v) is 5.87. The van der Waals surface area contributed by atoms with Gasteiger partial charge in [-0.2, -0.15) is 0 Å². The Hall–Kier alpha value is -4.00. The minimum atomic E-state index is -0.864. The van der Waals surface area contributed by atoms with Gasteiger partial charge in [0.25, 0.3) is 0 Å². The van der Waals surface area contributed by atoms with E-state index in [1.165, 1.54) is 6.07 Å². The molecule has 2 aliphatic rings. The van der Waals surface area contributed by atoms with Crippen molar-refractivity contribution >= 4 is 28.8 Å². The molecule has 1 N–H and O–H groups in total. The zero-order valence-corrected chi connectivity index (χ0v) is 17.7. The molecule has 0 saturated carbocycles. The molecule has 2 heterocycles. The van der Waals surface area contributed by atoms with Crippen LogP contribution in [0.4, 0.5) is 25.8 Å². The summed E-state index contributed by atoms with van der Waals surface area (Å²) in [5.74, 6) is -1.55. The number of benzene rings is 3. The molecular formula is C26H21F2N3O2. The maximum Gasteiger partial charge on any atom is 0.229 e. The quantitative estimate of drug-likeness (QED) is 0.600. The largest absolute Gasteiger partial charge is 0.325 e. The fourth-order valence-corrected chi connectivity index (χ4v) is 4.39. The zero-order chi connectivity index (χ0) is 22.9. The second kappa shape index (κ2) is 8.50. The first-order valence-electron chi connectivity index (χ1n) is 10.7. The molecule has 0 spiro atoms. The van der Waals surface area contributed by atoms with Gasteiger partial charge in [-0.05, 0) is 29.8 Å². The van der Waals surface area contributed by atoms with Crippen LogP contribution in [-0.2, 0) is 16.1 Å². The number of rotatable bonds is 5. The van der Waals surface area contributed by atoms with Crippen LogP contribution in [0.25, 0.3) is 0 Å². The molecule has 0 aliphatic carbocycles. The highest BCUT2D eigenvalue weighted by atomic mass is 19.1. The first-order chi connectivity index (χ1) is 16.0. The normalized spacial score (nSPS) is 14.9. The Morgan fingerprint density at radius 2 is 1.67 bits per heavy atom. The number of fused-ring (bicyclic) bond motifs is 3. The van der Waals surface area contributed by atoms with Crippen molar-refractivity contribution in [2.45, 2.75) is 19.4 Å². The Bertz CT molecular complexity index is 1270. The SMILES string of the molecule is O=C(CC1=C2N(CCC1=O)c1ccccc1N2Cc1ccccc1)Nc1ccc(F)cc1F. The number of para-hydroxylation sites is 2. The molecular weight excluding hydrogens is 424 g/mol. The average Bonchev–Trinajstić information content (AvgIpc) is 3.12. The first kappa shape index (κ1) is 20.9. The van der Waals surface area contributed by atoms with Gasteiger partial charge in [-0.15, -0.1) is 0 Å². The number of nitrogens with zero attached hydrogens (tertiary/aromatic N) is 2. The van der Waals surface area contributed by atoms with Gasteiger partial charge in [0.1, 0.15) is 17.5 Å². The molecule has 0 unspecified atom stereocenters. The maximum atomic E-state index is 14.0. The van der Waals surface area contributed by atoms with Gasteiger partial charge < -0.3 is 15.1 Å². The summed E-state index contributed by atoms with van der Waals surface area (Å²) in [6.45, 7) is 1.06. The van der Waals surface area contributed by atoms with Crippen molar-refractivity contribution in [2.75, 3.05) is 21.7 Å². The van der Waals surface area contributed by atoms with E-state index < -0.39 is 17.5 Å². The lowest BCUT2D eigenvalue weighted by Gasteiger charge is -2.31. The number of amides is 1. The lowest BCUT2D eigenvalue weighted by molar-refractivity contribution is -0.119. The van der Waals surface area contributed by atoms with E-state index in [4.69, 9.17) is 0 Å². The molecule has 0 bridgehead atoms. The molecule has 0 fully saturated rings. The van der Waals surface area contributed by atoms with Gasteiger partial charge in [0, 0.05) is 31.1 Å². The molecule has 0 atom stereocenters. The fourth-order valence-electron chi connectivity index (χ4n) is 4.39. The third-order valence-electron chi connectivity index (χ3n) is 5.87. The van der Waals surface area contributed by atoms with Crippen LogP contribution in [0.2, 0.25) is 0 Å². The van der Waals surface area contributed by atoms with E-state index in [9.17, 15) is 18.4 Å². The second-order valence-electron chi connectivity index (χ2n) is 8.04. The highest BCUT2D eigenvalue weighted by molar-refractivity contribution is 6.07. The van der Waals surface area contributed by atoms with E-state index in [2.05, 4.69) is 15.1 Å². The van der Waals surface area contributed by atoms with Crippen LogP contribution in [0.15, 0.2) is 84.2 Å². The molecule has 3 aromatic rings. The van der Waals surface area contributed by atoms with Crippen LogP contribution < -0.4 is 15.1 Å². The van der Waals surface area contributed by atoms with Crippen LogP contribution in [0, 0.1) is 11.6 Å². The topological polar surface area (TPSA) is 52.7 Å². The monoisotopic (exact) mass is 445 g/mol. The van der Waals surface area contributed by atoms with Crippen molar-refractivity contribution in [2.24, 2.45) is 0 Å². The Labute approximate surface area is 189 Å². The van der Waals surface area contributed by atoms with Crippen molar-refractivity contribution in [1.29, 1.82) is 0 Å². The summed E-state index contributed by atoms with van der Waals surface area (Å²) in [4.78, 5) is 29.9. The standard InChI is InChI=1S/C26H21F2N3O2/c27-18-10-11-21(20(28)14-18)29-25(33)15-19-24(32)12-13-30-22-8-4-5-9-23(22)31(26(19)30)16-17-6-2-1-3-7-17/h1-11,14H,12-13,15-16H2,(H,29,33). The molecule has 5 rings (SSSR count). The Morgan fingerprint density at radius 3 is 2.42 bits per heavy atom. The van der Waals surface area contributed by atoms with Gasteiger partial charge in [-0.1, -0.05) is 42.5 Å². The Kier molecular flexibility index (Phi) is 5.38. The number of halogens is 2. The summed E-state index contributed by atoms with van der Waals surface area (Å²) in [7, 11) is 0. The highest BCUT2D eigenvalue weighted by Gasteiger charge is 2.38. The minimum Gasteiger partial charge on any atom is -0.325 e. The molecule has 0 saturated heterocycles. The molecule has 5 nitrogen and oxygen atoms in total. The smallest absolute Gasteiger partial charge is 0.229 e. The van der Waals surface area contributed by atoms with E-state index in [1.807, 2.05) is 54.6 Å². The van der Waals surface area contributed by atoms with Gasteiger partial charge in [0.2, 0.25) is 5.91 Å². The van der Waals surface area contributed by atoms with E-state index >= 15 is 0 Å². The summed E-state index contributed by atoms with van der Waals surface area (Å²) < 4.78 is 27.2. The summed E-state index contributed by atoms with van der Waals surface area (Å²) in [5, 5.41) is 2.47. The van der Waals surface area contributed by atoms with Gasteiger partial charge >= 0.3 is 0 Å². The van der Waals surface area contributed by atoms with Crippen LogP contribution >= 0.6 is 0 Å². The lowest BCUT2D eigenvalue weighted by Crippen LogP contribution is -2.37. The van der Waals surface area contributed by atoms with E-state index in [0.29, 0.717) is 30.5 Å². The van der Waals surface area contributed by atoms with Crippen LogP contribution in [-0.4, -0.2) is 18.2 Å². The number of carbonyl (C=O) groups excluding carboxylic acids is 2. The number of Topliss-reactive ketones (excluding diaryl/α,β-unsaturated/α-hetero) is 1. The molecule has 1 amide bonds. The summed E-state index contributed by atoms with van der Waals surface area (Å²) in [6.07, 6.45) is 0.0747. The van der Waals surface area contributed by atoms with Crippen molar-refractivity contribution < 1.29 is 18.4 Å². The fraction of sp³-hybridized carbons (Fsp3) is 0.154. The lowest BCUT2D eigenvalue weighted by atomic mass is 10.00. The van der Waals surface area contributed by atoms with Gasteiger partial charge in [-0.3, -0.25) is 9.59 Å². The number of anilines is 3. The maximum absolute atomic E-state index is 14.0. The van der Waals surface area contributed by atoms with E-state index in [1.54, 1.807) is 0 Å². The first-order valence-corrected chi connectivity index (χ1v) is 10.7. The second-order valence-corrected chi connectivity index (χ2v) is 8.04. The predicted octanol–water partition coefficient (Wildman–Crippen LogP) is 5.00. The Balaban J connectivity index is 1.51. The molecule has 0 aromatic heterocycles. The molecule has 3 aromatic carbocycles. The third kappa shape index (κ3) is 3.98. The molecule has 166 valence electrons. The number of hydrogen-bond donors (Lipinski definition) is 1. The average molecular weight is 445 g/mol. The van der Waals surface area contributed by atoms with Crippen LogP contribution in [0.5, 0.6) is 0 Å². The highest BCUT2D eigenvalue weighted by Crippen LogP contribution is 2.45. The number of carbonyl (C=O) groups is 2. The van der Waals surface area contributed by atoms with Gasteiger partial charge in [0.05, 0.1) is 23.5 Å². The predicted molar refractivity (Wildman–Crippen MR) is 123 cm³/mol. The van der Waals surface area contributed by atoms with Crippen molar-refractivity contribution in [3.63, 3.8) is 0 Å². The van der Waals surface area contributed by atoms with Crippen molar-refractivity contribution in [3.05, 3.63) is 101 Å². The number of hydrogen-bond acceptors (Lipinski definition) is 4. The van der Waals surface area contributed by atoms with Crippen molar-refractivity contribution in [1.82, 2.24) is 0 Å². The summed E-state index contributed by atoms with van der Waals surface area (Å²) in [5.41, 5.74) is 3.28. The molecule has 7 heteroatoms. The van der Waals surface area contributed by atoms with E-state index in [0.717, 1.165) is 23.0 Å². The molecule has 2 aliphatic heterocycles. The summed E-state index contributed by atoms with van der Waals surface area (Å²) in [6, 6.07) is 20.7. The van der Waals surface area contributed by atoms with Crippen LogP contribution in [0.1, 0.15) is 18.4 Å². The van der Waals surface area contributed by atoms with Gasteiger partial charge in [0.15, 0.2) is 5.78 Å².